The number of benzene rings is 5. The molecule has 42 heavy (non-hydrogen) atoms. The fourth-order valence-electron chi connectivity index (χ4n) is 4.21. The maximum absolute atomic E-state index is 12.8. The molecule has 0 aliphatic rings. The molecule has 5 aromatic rings. The Bertz CT molecular complexity index is 1390. The van der Waals surface area contributed by atoms with Gasteiger partial charge in [0.15, 0.2) is 0 Å². The van der Waals surface area contributed by atoms with Gasteiger partial charge in [0.25, 0.3) is 0 Å². The molecule has 0 saturated heterocycles. The van der Waals surface area contributed by atoms with Crippen molar-refractivity contribution in [1.82, 2.24) is 0 Å². The van der Waals surface area contributed by atoms with E-state index in [-0.39, 0.29) is 7.92 Å². The van der Waals surface area contributed by atoms with E-state index in [4.69, 9.17) is 10.2 Å². The first-order valence-corrected chi connectivity index (χ1v) is 19.3. The van der Waals surface area contributed by atoms with Crippen molar-refractivity contribution in [2.24, 2.45) is 0 Å². The normalized spacial score (nSPS) is 12.4. The van der Waals surface area contributed by atoms with E-state index in [0.29, 0.717) is 0 Å². The van der Waals surface area contributed by atoms with E-state index in [0.717, 1.165) is 32.9 Å². The zero-order valence-corrected chi connectivity index (χ0v) is 26.9. The Hall–Kier alpha value is -2.47. The summed E-state index contributed by atoms with van der Waals surface area (Å²) in [5.74, 6) is 0. The van der Waals surface area contributed by atoms with Crippen LogP contribution in [-0.2, 0) is 18.3 Å². The number of alkyl halides is 3. The summed E-state index contributed by atoms with van der Waals surface area (Å²) in [4.78, 5) is 0. The Labute approximate surface area is 258 Å². The van der Waals surface area contributed by atoms with Gasteiger partial charge in [0, 0.05) is 0 Å². The van der Waals surface area contributed by atoms with Crippen LogP contribution in [0.4, 0.5) is 13.2 Å². The molecule has 0 aliphatic carbocycles. The molecule has 1 atom stereocenters. The molecule has 0 nitrogen and oxygen atoms in total. The van der Waals surface area contributed by atoms with E-state index in [1.165, 1.54) is 29.2 Å². The van der Waals surface area contributed by atoms with Gasteiger partial charge in [-0.05, 0) is 30.6 Å². The molecule has 0 spiro atoms. The van der Waals surface area contributed by atoms with Crippen LogP contribution in [0, 0.1) is 0 Å². The molecule has 0 saturated carbocycles. The van der Waals surface area contributed by atoms with Gasteiger partial charge in [-0.15, -0.1) is 0 Å². The third-order valence-electron chi connectivity index (χ3n) is 6.46. The number of hydrogen-bond acceptors (Lipinski definition) is 0. The molecule has 0 aromatic heterocycles. The van der Waals surface area contributed by atoms with Crippen LogP contribution in [0.2, 0.25) is 0 Å². The van der Waals surface area contributed by atoms with Crippen molar-refractivity contribution in [1.29, 1.82) is 0 Å². The zero-order valence-electron chi connectivity index (χ0n) is 23.4. The van der Waals surface area contributed by atoms with Crippen molar-refractivity contribution in [2.75, 3.05) is 0 Å². The van der Waals surface area contributed by atoms with Gasteiger partial charge in [0.1, 0.15) is 0 Å². The van der Waals surface area contributed by atoms with Crippen molar-refractivity contribution in [3.05, 3.63) is 151 Å². The average molecular weight is 667 g/mol. The molecule has 7 heteroatoms. The molecule has 5 rings (SSSR count). The number of rotatable bonds is 8. The molecule has 0 bridgehead atoms. The van der Waals surface area contributed by atoms with Crippen molar-refractivity contribution >= 4 is 50.6 Å². The van der Waals surface area contributed by atoms with E-state index in [2.05, 4.69) is 74.5 Å². The third-order valence-corrected chi connectivity index (χ3v) is 17.2. The van der Waals surface area contributed by atoms with Crippen LogP contribution >= 0.6 is 24.8 Å². The Morgan fingerprint density at radius 3 is 1.29 bits per heavy atom. The molecule has 0 radical (unpaired) electrons. The second-order valence-corrected chi connectivity index (χ2v) is 18.9. The molecule has 0 heterocycles. The summed E-state index contributed by atoms with van der Waals surface area (Å²) in [6.45, 7) is 3.75. The molecule has 5 aromatic carbocycles. The summed E-state index contributed by atoms with van der Waals surface area (Å²) < 4.78 is 39.1. The third kappa shape index (κ3) is 8.78. The second kappa shape index (κ2) is 15.8. The van der Waals surface area contributed by atoms with Crippen LogP contribution in [0.15, 0.2) is 146 Å². The topological polar surface area (TPSA) is 0 Å². The van der Waals surface area contributed by atoms with Crippen molar-refractivity contribution in [2.45, 2.75) is 32.1 Å². The van der Waals surface area contributed by atoms with Gasteiger partial charge < -0.3 is 0 Å². The number of hydrogen-bond donors (Lipinski definition) is 0. The predicted octanol–water partition coefficient (Wildman–Crippen LogP) is 9.07. The molecular formula is C35H33ClF3NiP2. The van der Waals surface area contributed by atoms with E-state index >= 15 is 0 Å². The zero-order chi connectivity index (χ0) is 30.0. The fraction of sp³-hybridized carbons (Fsp3) is 0.143. The van der Waals surface area contributed by atoms with Crippen LogP contribution in [0.1, 0.15) is 25.8 Å². The summed E-state index contributed by atoms with van der Waals surface area (Å²) in [6, 6.07) is 46.8. The summed E-state index contributed by atoms with van der Waals surface area (Å²) >= 11 is -0.900. The minimum absolute atomic E-state index is 0.212. The quantitative estimate of drug-likeness (QED) is 0.115. The van der Waals surface area contributed by atoms with E-state index < -0.39 is 30.5 Å². The second-order valence-electron chi connectivity index (χ2n) is 9.38. The first-order chi connectivity index (χ1) is 20.3. The summed E-state index contributed by atoms with van der Waals surface area (Å²) in [5, 5.41) is 5.19. The van der Waals surface area contributed by atoms with Gasteiger partial charge in [-0.1, -0.05) is 74.5 Å². The van der Waals surface area contributed by atoms with E-state index in [1.54, 1.807) is 0 Å². The van der Waals surface area contributed by atoms with Crippen LogP contribution in [0.25, 0.3) is 0 Å². The number of halogens is 4. The summed E-state index contributed by atoms with van der Waals surface area (Å²) in [5.41, 5.74) is 0.0749. The van der Waals surface area contributed by atoms with Gasteiger partial charge in [-0.3, -0.25) is 0 Å². The molecule has 0 aliphatic heterocycles. The molecule has 221 valence electrons. The van der Waals surface area contributed by atoms with Crippen molar-refractivity contribution < 1.29 is 25.3 Å². The molecule has 1 unspecified atom stereocenters. The molecule has 0 N–H and O–H groups in total. The summed E-state index contributed by atoms with van der Waals surface area (Å²) in [7, 11) is 6.58. The predicted molar refractivity (Wildman–Crippen MR) is 175 cm³/mol. The van der Waals surface area contributed by atoms with Gasteiger partial charge >= 0.3 is 154 Å². The standard InChI is InChI=1S/C16H19P.C12H10P.C7H4F3.ClH.Ni/c1-3-14(2)17(15-10-6-4-7-11-15)16-12-8-5-9-13-16;1-3-7-11(8-4-1)13-12-9-5-2-6-10-12;8-7(9,10)6-4-2-1-3-5-6;;/h4-14H,3H2,1-2H3;1-10H;2-5H;1H;/q;-1;;;+2/p-1. The minimum atomic E-state index is -4.34. The SMILES string of the molecule is CCC(C)P(c1ccccc1)c1ccccc1.FC(F)(F)c1cc[c]([Ni]([Cl])[P](c2ccccc2)c2ccccc2)cc1. The molecular weight excluding hydrogens is 633 g/mol. The fourth-order valence-corrected chi connectivity index (χ4v) is 14.1. The van der Waals surface area contributed by atoms with Crippen LogP contribution in [0.5, 0.6) is 0 Å². The van der Waals surface area contributed by atoms with Gasteiger partial charge in [0.2, 0.25) is 0 Å². The first kappa shape index (κ1) is 32.4. The first-order valence-electron chi connectivity index (χ1n) is 13.5. The Morgan fingerprint density at radius 1 is 0.595 bits per heavy atom. The van der Waals surface area contributed by atoms with Crippen LogP contribution in [0.3, 0.4) is 0 Å². The molecule has 0 amide bonds. The Morgan fingerprint density at radius 2 is 0.952 bits per heavy atom. The Kier molecular flexibility index (Phi) is 12.2. The van der Waals surface area contributed by atoms with Crippen LogP contribution in [-0.4, -0.2) is 5.66 Å². The van der Waals surface area contributed by atoms with E-state index in [1.807, 2.05) is 60.7 Å². The van der Waals surface area contributed by atoms with E-state index in [9.17, 15) is 13.2 Å². The maximum atomic E-state index is 12.8. The summed E-state index contributed by atoms with van der Waals surface area (Å²) in [6.07, 6.45) is -3.11. The monoisotopic (exact) mass is 665 g/mol. The van der Waals surface area contributed by atoms with Crippen LogP contribution < -0.4 is 25.8 Å². The average Bonchev–Trinajstić information content (AvgIpc) is 3.03. The van der Waals surface area contributed by atoms with Gasteiger partial charge in [-0.2, -0.15) is 0 Å². The van der Waals surface area contributed by atoms with Crippen molar-refractivity contribution in [3.8, 4) is 0 Å². The Balaban J connectivity index is 0.000000208. The molecule has 0 fully saturated rings. The van der Waals surface area contributed by atoms with Gasteiger partial charge in [-0.25, -0.2) is 0 Å². The van der Waals surface area contributed by atoms with Crippen molar-refractivity contribution in [3.63, 3.8) is 0 Å². The van der Waals surface area contributed by atoms with Gasteiger partial charge in [0.05, 0.1) is 0 Å².